The Morgan fingerprint density at radius 1 is 1.17 bits per heavy atom. The first-order valence-electron chi connectivity index (χ1n) is 10.8. The van der Waals surface area contributed by atoms with Gasteiger partial charge in [0.2, 0.25) is 10.0 Å². The Kier molecular flexibility index (Phi) is 5.72. The minimum Gasteiger partial charge on any atom is -0.382 e. The average Bonchev–Trinajstić information content (AvgIpc) is 3.04. The molecule has 1 aromatic carbocycles. The number of nitrogens with one attached hydrogen (secondary N) is 1. The molecule has 0 unspecified atom stereocenters. The van der Waals surface area contributed by atoms with E-state index in [0.29, 0.717) is 17.9 Å². The van der Waals surface area contributed by atoms with Crippen LogP contribution in [0.3, 0.4) is 0 Å². The third kappa shape index (κ3) is 4.16. The SMILES string of the molecule is CCCCc1nc2c(N)nc3ccccc3c2n1CC1(NS(C)(=O)=O)CCCCC1. The quantitative estimate of drug-likeness (QED) is 0.595. The van der Waals surface area contributed by atoms with E-state index in [1.54, 1.807) is 0 Å². The lowest BCUT2D eigenvalue weighted by Crippen LogP contribution is -2.52. The third-order valence-corrected chi connectivity index (χ3v) is 6.92. The van der Waals surface area contributed by atoms with Gasteiger partial charge in [0, 0.05) is 18.4 Å². The minimum absolute atomic E-state index is 0.425. The molecule has 1 saturated carbocycles. The predicted molar refractivity (Wildman–Crippen MR) is 122 cm³/mol. The van der Waals surface area contributed by atoms with Gasteiger partial charge in [0.05, 0.1) is 22.8 Å². The summed E-state index contributed by atoms with van der Waals surface area (Å²) < 4.78 is 29.7. The van der Waals surface area contributed by atoms with Crippen molar-refractivity contribution in [2.45, 2.75) is 70.4 Å². The molecule has 8 heteroatoms. The molecule has 2 heterocycles. The van der Waals surface area contributed by atoms with Gasteiger partial charge in [0.15, 0.2) is 5.82 Å². The van der Waals surface area contributed by atoms with E-state index in [-0.39, 0.29) is 0 Å². The van der Waals surface area contributed by atoms with Gasteiger partial charge in [0.25, 0.3) is 0 Å². The Hall–Kier alpha value is -2.19. The van der Waals surface area contributed by atoms with E-state index in [1.807, 2.05) is 24.3 Å². The number of aromatic nitrogens is 3. The summed E-state index contributed by atoms with van der Waals surface area (Å²) in [4.78, 5) is 9.44. The van der Waals surface area contributed by atoms with Crippen LogP contribution in [0.4, 0.5) is 5.82 Å². The molecule has 0 aliphatic heterocycles. The molecule has 0 atom stereocenters. The first-order valence-corrected chi connectivity index (χ1v) is 12.7. The smallest absolute Gasteiger partial charge is 0.209 e. The third-order valence-electron chi connectivity index (χ3n) is 6.12. The van der Waals surface area contributed by atoms with Crippen molar-refractivity contribution in [1.29, 1.82) is 0 Å². The number of nitrogens with two attached hydrogens (primary N) is 1. The van der Waals surface area contributed by atoms with Crippen molar-refractivity contribution in [3.8, 4) is 0 Å². The molecule has 3 aromatic rings. The summed E-state index contributed by atoms with van der Waals surface area (Å²) in [6.07, 6.45) is 8.98. The number of fused-ring (bicyclic) bond motifs is 3. The van der Waals surface area contributed by atoms with Crippen LogP contribution in [0.15, 0.2) is 24.3 Å². The van der Waals surface area contributed by atoms with Gasteiger partial charge in [-0.2, -0.15) is 0 Å². The molecule has 0 bridgehead atoms. The van der Waals surface area contributed by atoms with E-state index in [9.17, 15) is 8.42 Å². The van der Waals surface area contributed by atoms with Gasteiger partial charge >= 0.3 is 0 Å². The summed E-state index contributed by atoms with van der Waals surface area (Å²) in [5.41, 5.74) is 8.31. The molecule has 2 aromatic heterocycles. The highest BCUT2D eigenvalue weighted by Crippen LogP contribution is 2.35. The van der Waals surface area contributed by atoms with Gasteiger partial charge in [-0.3, -0.25) is 0 Å². The Morgan fingerprint density at radius 2 is 1.90 bits per heavy atom. The molecule has 3 N–H and O–H groups in total. The fraction of sp³-hybridized carbons (Fsp3) is 0.545. The van der Waals surface area contributed by atoms with Gasteiger partial charge in [-0.15, -0.1) is 0 Å². The normalized spacial score (nSPS) is 17.0. The van der Waals surface area contributed by atoms with E-state index in [4.69, 9.17) is 10.7 Å². The molecule has 4 rings (SSSR count). The van der Waals surface area contributed by atoms with Crippen molar-refractivity contribution in [2.24, 2.45) is 0 Å². The molecule has 0 radical (unpaired) electrons. The van der Waals surface area contributed by atoms with Gasteiger partial charge < -0.3 is 10.3 Å². The van der Waals surface area contributed by atoms with Crippen LogP contribution in [0.2, 0.25) is 0 Å². The Labute approximate surface area is 178 Å². The van der Waals surface area contributed by atoms with Crippen molar-refractivity contribution >= 4 is 37.8 Å². The van der Waals surface area contributed by atoms with E-state index in [1.165, 1.54) is 6.26 Å². The summed E-state index contributed by atoms with van der Waals surface area (Å²) in [5, 5.41) is 1.00. The Balaban J connectivity index is 1.92. The van der Waals surface area contributed by atoms with Crippen LogP contribution in [0.1, 0.15) is 57.7 Å². The molecule has 1 aliphatic rings. The number of nitrogens with zero attached hydrogens (tertiary/aromatic N) is 3. The van der Waals surface area contributed by atoms with Crippen molar-refractivity contribution < 1.29 is 8.42 Å². The summed E-state index contributed by atoms with van der Waals surface area (Å²) in [6.45, 7) is 2.72. The summed E-state index contributed by atoms with van der Waals surface area (Å²) >= 11 is 0. The van der Waals surface area contributed by atoms with Crippen molar-refractivity contribution in [3.05, 3.63) is 30.1 Å². The van der Waals surface area contributed by atoms with Crippen LogP contribution in [0.5, 0.6) is 0 Å². The molecule has 162 valence electrons. The van der Waals surface area contributed by atoms with Crippen LogP contribution in [-0.2, 0) is 23.0 Å². The highest BCUT2D eigenvalue weighted by atomic mass is 32.2. The number of benzene rings is 1. The van der Waals surface area contributed by atoms with Crippen molar-refractivity contribution in [3.63, 3.8) is 0 Å². The number of anilines is 1. The fourth-order valence-corrected chi connectivity index (χ4v) is 5.87. The van der Waals surface area contributed by atoms with E-state index >= 15 is 0 Å². The van der Waals surface area contributed by atoms with Gasteiger partial charge in [-0.05, 0) is 25.3 Å². The number of sulfonamides is 1. The Bertz CT molecular complexity index is 1160. The predicted octanol–water partition coefficient (Wildman–Crippen LogP) is 3.76. The second kappa shape index (κ2) is 8.15. The summed E-state index contributed by atoms with van der Waals surface area (Å²) in [6, 6.07) is 7.95. The number of imidazole rings is 1. The zero-order chi connectivity index (χ0) is 21.4. The lowest BCUT2D eigenvalue weighted by Gasteiger charge is -2.38. The topological polar surface area (TPSA) is 103 Å². The van der Waals surface area contributed by atoms with Crippen LogP contribution in [0, 0.1) is 0 Å². The van der Waals surface area contributed by atoms with Crippen LogP contribution in [-0.4, -0.2) is 34.7 Å². The second-order valence-electron chi connectivity index (χ2n) is 8.64. The van der Waals surface area contributed by atoms with Gasteiger partial charge in [-0.25, -0.2) is 23.1 Å². The van der Waals surface area contributed by atoms with Gasteiger partial charge in [0.1, 0.15) is 11.3 Å². The average molecular weight is 430 g/mol. The van der Waals surface area contributed by atoms with E-state index in [0.717, 1.165) is 73.6 Å². The molecule has 1 aliphatic carbocycles. The zero-order valence-electron chi connectivity index (χ0n) is 17.8. The molecule has 30 heavy (non-hydrogen) atoms. The monoisotopic (exact) mass is 429 g/mol. The largest absolute Gasteiger partial charge is 0.382 e. The zero-order valence-corrected chi connectivity index (χ0v) is 18.6. The minimum atomic E-state index is -3.34. The molecular formula is C22H31N5O2S. The van der Waals surface area contributed by atoms with Crippen LogP contribution >= 0.6 is 0 Å². The van der Waals surface area contributed by atoms with Crippen LogP contribution in [0.25, 0.3) is 21.9 Å². The molecule has 0 amide bonds. The number of para-hydroxylation sites is 1. The highest BCUT2D eigenvalue weighted by molar-refractivity contribution is 7.88. The maximum atomic E-state index is 12.3. The van der Waals surface area contributed by atoms with Gasteiger partial charge in [-0.1, -0.05) is 50.8 Å². The number of aryl methyl sites for hydroxylation is 1. The summed E-state index contributed by atoms with van der Waals surface area (Å²) in [7, 11) is -3.34. The lowest BCUT2D eigenvalue weighted by atomic mass is 9.82. The molecule has 0 spiro atoms. The first kappa shape index (κ1) is 21.1. The molecule has 7 nitrogen and oxygen atoms in total. The number of rotatable bonds is 7. The molecular weight excluding hydrogens is 398 g/mol. The summed E-state index contributed by atoms with van der Waals surface area (Å²) in [5.74, 6) is 1.38. The fourth-order valence-electron chi connectivity index (χ4n) is 4.82. The molecule has 1 fully saturated rings. The van der Waals surface area contributed by atoms with Crippen LogP contribution < -0.4 is 10.5 Å². The van der Waals surface area contributed by atoms with Crippen molar-refractivity contribution in [1.82, 2.24) is 19.3 Å². The van der Waals surface area contributed by atoms with Crippen molar-refractivity contribution in [2.75, 3.05) is 12.0 Å². The number of nitrogen functional groups attached to an aromatic ring is 1. The van der Waals surface area contributed by atoms with E-state index < -0.39 is 15.6 Å². The number of hydrogen-bond acceptors (Lipinski definition) is 5. The number of pyridine rings is 1. The lowest BCUT2D eigenvalue weighted by molar-refractivity contribution is 0.236. The maximum Gasteiger partial charge on any atom is 0.209 e. The first-order chi connectivity index (χ1) is 14.3. The number of hydrogen-bond donors (Lipinski definition) is 2. The van der Waals surface area contributed by atoms with E-state index in [2.05, 4.69) is 21.2 Å². The number of unbranched alkanes of at least 4 members (excludes halogenated alkanes) is 1. The maximum absolute atomic E-state index is 12.3. The second-order valence-corrected chi connectivity index (χ2v) is 10.4. The standard InChI is InChI=1S/C22H31N5O2S/c1-3-4-12-18-25-19-20(16-10-6-7-11-17(16)24-21(19)23)27(18)15-22(26-30(2,28)29)13-8-5-9-14-22/h6-7,10-11,26H,3-5,8-9,12-15H2,1-2H3,(H2,23,24). The molecule has 0 saturated heterocycles. The Morgan fingerprint density at radius 3 is 2.60 bits per heavy atom. The highest BCUT2D eigenvalue weighted by Gasteiger charge is 2.36.